The van der Waals surface area contributed by atoms with Crippen molar-refractivity contribution in [2.75, 3.05) is 0 Å². The molecule has 0 aliphatic rings. The van der Waals surface area contributed by atoms with Crippen LogP contribution in [0.1, 0.15) is 29.0 Å². The molecule has 0 aliphatic carbocycles. The van der Waals surface area contributed by atoms with Crippen molar-refractivity contribution in [2.45, 2.75) is 17.9 Å². The molecule has 1 rings (SSSR count). The first-order valence-corrected chi connectivity index (χ1v) is 6.01. The Kier molecular flexibility index (Phi) is 4.73. The minimum Gasteiger partial charge on any atom is -0.479 e. The molecule has 0 fully saturated rings. The molecule has 0 spiro atoms. The zero-order chi connectivity index (χ0) is 14.7. The van der Waals surface area contributed by atoms with Gasteiger partial charge < -0.3 is 10.2 Å². The number of carboxylic acid groups (broad SMARTS) is 1. The van der Waals surface area contributed by atoms with Crippen molar-refractivity contribution >= 4 is 33.4 Å². The van der Waals surface area contributed by atoms with Crippen LogP contribution in [0.3, 0.4) is 0 Å². The van der Waals surface area contributed by atoms with Crippen LogP contribution in [0.15, 0.2) is 18.2 Å². The SMILES string of the molecule is CC(=O)C(Br)c1ccc([N+](=O)[O-])c(C(O)C(=O)O)c1. The number of carbonyl (C=O) groups is 2. The van der Waals surface area contributed by atoms with Crippen LogP contribution in [-0.4, -0.2) is 26.9 Å². The third kappa shape index (κ3) is 3.36. The maximum atomic E-state index is 11.2. The summed E-state index contributed by atoms with van der Waals surface area (Å²) in [4.78, 5) is 31.2. The van der Waals surface area contributed by atoms with Gasteiger partial charge in [0.15, 0.2) is 6.10 Å². The molecule has 8 heteroatoms. The fourth-order valence-electron chi connectivity index (χ4n) is 1.48. The topological polar surface area (TPSA) is 118 Å². The van der Waals surface area contributed by atoms with Gasteiger partial charge in [-0.3, -0.25) is 14.9 Å². The van der Waals surface area contributed by atoms with Gasteiger partial charge in [0, 0.05) is 6.07 Å². The number of nitrogens with zero attached hydrogens (tertiary/aromatic N) is 1. The van der Waals surface area contributed by atoms with Crippen molar-refractivity contribution in [3.8, 4) is 0 Å². The number of aliphatic carboxylic acids is 1. The van der Waals surface area contributed by atoms with Crippen molar-refractivity contribution in [1.82, 2.24) is 0 Å². The van der Waals surface area contributed by atoms with Crippen LogP contribution in [0.2, 0.25) is 0 Å². The Hall–Kier alpha value is -1.80. The molecule has 0 saturated heterocycles. The molecule has 2 atom stereocenters. The number of hydrogen-bond donors (Lipinski definition) is 2. The minimum atomic E-state index is -2.02. The van der Waals surface area contributed by atoms with Gasteiger partial charge in [-0.15, -0.1) is 0 Å². The number of carbonyl (C=O) groups excluding carboxylic acids is 1. The maximum absolute atomic E-state index is 11.2. The van der Waals surface area contributed by atoms with E-state index in [0.29, 0.717) is 5.56 Å². The first-order valence-electron chi connectivity index (χ1n) is 5.09. The highest BCUT2D eigenvalue weighted by molar-refractivity contribution is 9.09. The molecule has 0 radical (unpaired) electrons. The quantitative estimate of drug-likeness (QED) is 0.482. The summed E-state index contributed by atoms with van der Waals surface area (Å²) in [7, 11) is 0. The van der Waals surface area contributed by atoms with Crippen molar-refractivity contribution < 1.29 is 24.7 Å². The molecular weight excluding hydrogens is 322 g/mol. The van der Waals surface area contributed by atoms with Crippen molar-refractivity contribution in [3.63, 3.8) is 0 Å². The second-order valence-corrected chi connectivity index (χ2v) is 4.71. The smallest absolute Gasteiger partial charge is 0.337 e. The van der Waals surface area contributed by atoms with Crippen LogP contribution in [0.5, 0.6) is 0 Å². The van der Waals surface area contributed by atoms with Crippen LogP contribution in [-0.2, 0) is 9.59 Å². The molecule has 0 saturated carbocycles. The average molecular weight is 332 g/mol. The summed E-state index contributed by atoms with van der Waals surface area (Å²) in [6.45, 7) is 1.31. The number of hydrogen-bond acceptors (Lipinski definition) is 5. The Bertz CT molecular complexity index is 544. The Morgan fingerprint density at radius 1 is 1.42 bits per heavy atom. The van der Waals surface area contributed by atoms with Crippen molar-refractivity contribution in [1.29, 1.82) is 0 Å². The third-order valence-corrected chi connectivity index (χ3v) is 3.60. The second-order valence-electron chi connectivity index (χ2n) is 3.79. The van der Waals surface area contributed by atoms with E-state index < -0.39 is 27.5 Å². The molecule has 0 bridgehead atoms. The normalized spacial score (nSPS) is 13.6. The van der Waals surface area contributed by atoms with Gasteiger partial charge in [0.05, 0.1) is 15.3 Å². The molecule has 2 N–H and O–H groups in total. The number of ketones is 1. The lowest BCUT2D eigenvalue weighted by Crippen LogP contribution is -2.13. The van der Waals surface area contributed by atoms with Gasteiger partial charge in [-0.2, -0.15) is 0 Å². The molecular formula is C11H10BrNO6. The number of benzene rings is 1. The highest BCUT2D eigenvalue weighted by atomic mass is 79.9. The maximum Gasteiger partial charge on any atom is 0.337 e. The lowest BCUT2D eigenvalue weighted by molar-refractivity contribution is -0.386. The van der Waals surface area contributed by atoms with E-state index in [1.165, 1.54) is 13.0 Å². The molecule has 19 heavy (non-hydrogen) atoms. The number of halogens is 1. The minimum absolute atomic E-state index is 0.246. The van der Waals surface area contributed by atoms with Gasteiger partial charge in [-0.1, -0.05) is 22.0 Å². The van der Waals surface area contributed by atoms with Crippen LogP contribution in [0, 0.1) is 10.1 Å². The van der Waals surface area contributed by atoms with Crippen LogP contribution in [0.25, 0.3) is 0 Å². The van der Waals surface area contributed by atoms with Gasteiger partial charge in [0.2, 0.25) is 0 Å². The predicted molar refractivity (Wildman–Crippen MR) is 68.0 cm³/mol. The standard InChI is InChI=1S/C11H10BrNO6/c1-5(14)9(12)6-2-3-8(13(18)19)7(4-6)10(15)11(16)17/h2-4,9-10,15H,1H3,(H,16,17). The molecule has 0 heterocycles. The van der Waals surface area contributed by atoms with E-state index in [1.807, 2.05) is 0 Å². The Labute approximate surface area is 116 Å². The molecule has 2 unspecified atom stereocenters. The van der Waals surface area contributed by atoms with E-state index in [1.54, 1.807) is 0 Å². The zero-order valence-corrected chi connectivity index (χ0v) is 11.3. The Morgan fingerprint density at radius 3 is 2.42 bits per heavy atom. The average Bonchev–Trinajstić information content (AvgIpc) is 2.35. The number of aliphatic hydroxyl groups is 1. The number of nitro benzene ring substituents is 1. The summed E-state index contributed by atoms with van der Waals surface area (Å²) >= 11 is 3.08. The molecule has 7 nitrogen and oxygen atoms in total. The Morgan fingerprint density at radius 2 is 2.00 bits per heavy atom. The summed E-state index contributed by atoms with van der Waals surface area (Å²) in [5.41, 5.74) is -0.531. The Balaban J connectivity index is 3.38. The van der Waals surface area contributed by atoms with Crippen LogP contribution in [0.4, 0.5) is 5.69 Å². The van der Waals surface area contributed by atoms with Crippen molar-refractivity contribution in [2.24, 2.45) is 0 Å². The molecule has 0 aromatic heterocycles. The summed E-state index contributed by atoms with van der Waals surface area (Å²) < 4.78 is 0. The van der Waals surface area contributed by atoms with Gasteiger partial charge >= 0.3 is 5.97 Å². The monoisotopic (exact) mass is 331 g/mol. The van der Waals surface area contributed by atoms with E-state index in [0.717, 1.165) is 12.1 Å². The van der Waals surface area contributed by atoms with E-state index in [-0.39, 0.29) is 11.3 Å². The summed E-state index contributed by atoms with van der Waals surface area (Å²) in [5.74, 6) is -1.85. The fraction of sp³-hybridized carbons (Fsp3) is 0.273. The van der Waals surface area contributed by atoms with E-state index in [2.05, 4.69) is 15.9 Å². The first kappa shape index (κ1) is 15.3. The van der Waals surface area contributed by atoms with Crippen molar-refractivity contribution in [3.05, 3.63) is 39.4 Å². The van der Waals surface area contributed by atoms with Gasteiger partial charge in [0.1, 0.15) is 5.78 Å². The zero-order valence-electron chi connectivity index (χ0n) is 9.74. The number of rotatable bonds is 5. The lowest BCUT2D eigenvalue weighted by Gasteiger charge is -2.11. The number of Topliss-reactive ketones (excluding diaryl/α,β-unsaturated/α-hetero) is 1. The highest BCUT2D eigenvalue weighted by Gasteiger charge is 2.27. The number of alkyl halides is 1. The second kappa shape index (κ2) is 5.89. The first-order chi connectivity index (χ1) is 8.75. The largest absolute Gasteiger partial charge is 0.479 e. The van der Waals surface area contributed by atoms with E-state index in [9.17, 15) is 24.8 Å². The summed E-state index contributed by atoms with van der Waals surface area (Å²) in [5, 5.41) is 29.0. The molecule has 102 valence electrons. The predicted octanol–water partition coefficient (Wildman–Crippen LogP) is 1.74. The van der Waals surface area contributed by atoms with Gasteiger partial charge in [-0.05, 0) is 18.6 Å². The summed E-state index contributed by atoms with van der Waals surface area (Å²) in [6.07, 6.45) is -2.02. The van der Waals surface area contributed by atoms with Crippen LogP contribution >= 0.6 is 15.9 Å². The van der Waals surface area contributed by atoms with Gasteiger partial charge in [0.25, 0.3) is 5.69 Å². The highest BCUT2D eigenvalue weighted by Crippen LogP contribution is 2.31. The third-order valence-electron chi connectivity index (χ3n) is 2.43. The lowest BCUT2D eigenvalue weighted by atomic mass is 10.0. The van der Waals surface area contributed by atoms with Crippen LogP contribution < -0.4 is 0 Å². The van der Waals surface area contributed by atoms with E-state index >= 15 is 0 Å². The molecule has 0 aliphatic heterocycles. The molecule has 1 aromatic carbocycles. The number of carboxylic acids is 1. The van der Waals surface area contributed by atoms with Gasteiger partial charge in [-0.25, -0.2) is 4.79 Å². The number of nitro groups is 1. The fourth-order valence-corrected chi connectivity index (χ4v) is 1.77. The molecule has 1 aromatic rings. The summed E-state index contributed by atoms with van der Waals surface area (Å²) in [6, 6.07) is 3.53. The molecule has 0 amide bonds. The number of aliphatic hydroxyl groups excluding tert-OH is 1. The van der Waals surface area contributed by atoms with E-state index in [4.69, 9.17) is 5.11 Å².